The number of halogens is 1. The van der Waals surface area contributed by atoms with E-state index in [1.54, 1.807) is 30.7 Å². The van der Waals surface area contributed by atoms with Crippen LogP contribution in [0, 0.1) is 11.7 Å². The van der Waals surface area contributed by atoms with Crippen LogP contribution in [0.5, 0.6) is 0 Å². The van der Waals surface area contributed by atoms with Gasteiger partial charge in [0.15, 0.2) is 5.82 Å². The summed E-state index contributed by atoms with van der Waals surface area (Å²) in [6.07, 6.45) is 6.89. The van der Waals surface area contributed by atoms with E-state index in [9.17, 15) is 14.0 Å². The number of rotatable bonds is 6. The van der Waals surface area contributed by atoms with Crippen LogP contribution in [-0.2, 0) is 9.53 Å². The minimum atomic E-state index is -0.661. The Kier molecular flexibility index (Phi) is 7.00. The average Bonchev–Trinajstić information content (AvgIpc) is 3.51. The summed E-state index contributed by atoms with van der Waals surface area (Å²) in [4.78, 5) is 40.3. The van der Waals surface area contributed by atoms with Gasteiger partial charge in [-0.25, -0.2) is 19.2 Å². The van der Waals surface area contributed by atoms with Crippen molar-refractivity contribution in [2.45, 2.75) is 45.2 Å². The van der Waals surface area contributed by atoms with Crippen molar-refractivity contribution in [3.05, 3.63) is 54.2 Å². The smallest absolute Gasteiger partial charge is 0.407 e. The van der Waals surface area contributed by atoms with E-state index in [0.717, 1.165) is 29.7 Å². The van der Waals surface area contributed by atoms with Crippen molar-refractivity contribution in [1.82, 2.24) is 20.2 Å². The van der Waals surface area contributed by atoms with Crippen molar-refractivity contribution in [3.8, 4) is 11.4 Å². The molecule has 2 amide bonds. The number of allylic oxidation sites excluding steroid dienone is 1. The van der Waals surface area contributed by atoms with Crippen LogP contribution in [-0.4, -0.2) is 58.3 Å². The number of aliphatic imine (C=N–C) groups is 1. The highest BCUT2D eigenvalue weighted by Gasteiger charge is 2.38. The Hall–Kier alpha value is -3.62. The van der Waals surface area contributed by atoms with E-state index in [-0.39, 0.29) is 23.7 Å². The standard InChI is InChI=1S/C25H28FN5O3/c1-15(2)22(30-25(33)34-3)24(32)31-9-5-8-21(31)20-11-17(12-27-20)18-13-28-23(29-14-18)16-6-4-7-19(26)10-16/h4,6-7,10,12-15,21-22H,5,8-9,11H2,1-3H3,(H,30,33)/t21-,22-/m0/s1. The number of nitrogens with zero attached hydrogens (tertiary/aromatic N) is 4. The third-order valence-electron chi connectivity index (χ3n) is 6.18. The predicted molar refractivity (Wildman–Crippen MR) is 126 cm³/mol. The molecular weight excluding hydrogens is 437 g/mol. The van der Waals surface area contributed by atoms with Crippen molar-refractivity contribution in [1.29, 1.82) is 0 Å². The van der Waals surface area contributed by atoms with Gasteiger partial charge in [0.2, 0.25) is 5.91 Å². The quantitative estimate of drug-likeness (QED) is 0.699. The van der Waals surface area contributed by atoms with E-state index in [1.165, 1.54) is 19.2 Å². The Labute approximate surface area is 198 Å². The number of ether oxygens (including phenoxy) is 1. The number of nitrogens with one attached hydrogen (secondary N) is 1. The monoisotopic (exact) mass is 465 g/mol. The first-order chi connectivity index (χ1) is 16.4. The lowest BCUT2D eigenvalue weighted by Crippen LogP contribution is -2.53. The minimum Gasteiger partial charge on any atom is -0.453 e. The van der Waals surface area contributed by atoms with Gasteiger partial charge in [0.25, 0.3) is 0 Å². The molecule has 0 radical (unpaired) electrons. The van der Waals surface area contributed by atoms with Crippen LogP contribution in [0.3, 0.4) is 0 Å². The number of hydrogen-bond acceptors (Lipinski definition) is 6. The fourth-order valence-electron chi connectivity index (χ4n) is 4.35. The van der Waals surface area contributed by atoms with E-state index in [1.807, 2.05) is 18.7 Å². The zero-order valence-corrected chi connectivity index (χ0v) is 19.5. The van der Waals surface area contributed by atoms with Crippen LogP contribution in [0.4, 0.5) is 9.18 Å². The van der Waals surface area contributed by atoms with E-state index >= 15 is 0 Å². The third-order valence-corrected chi connectivity index (χ3v) is 6.18. The molecule has 1 N–H and O–H groups in total. The molecule has 0 saturated carbocycles. The summed E-state index contributed by atoms with van der Waals surface area (Å²) >= 11 is 0. The molecule has 1 aromatic heterocycles. The SMILES string of the molecule is COC(=O)N[C@H](C(=O)N1CCC[C@H]1C1=NC=C(c2cnc(-c3cccc(F)c3)nc2)C1)C(C)C. The maximum Gasteiger partial charge on any atom is 0.407 e. The van der Waals surface area contributed by atoms with E-state index in [4.69, 9.17) is 4.74 Å². The molecule has 2 aromatic rings. The maximum atomic E-state index is 13.5. The van der Waals surface area contributed by atoms with Crippen LogP contribution in [0.25, 0.3) is 17.0 Å². The number of amides is 2. The second-order valence-corrected chi connectivity index (χ2v) is 8.80. The van der Waals surface area contributed by atoms with Gasteiger partial charge >= 0.3 is 6.09 Å². The van der Waals surface area contributed by atoms with Gasteiger partial charge in [-0.2, -0.15) is 0 Å². The maximum absolute atomic E-state index is 13.5. The number of alkyl carbamates (subject to hydrolysis) is 1. The summed E-state index contributed by atoms with van der Waals surface area (Å²) in [5.41, 5.74) is 3.33. The summed E-state index contributed by atoms with van der Waals surface area (Å²) in [5, 5.41) is 2.67. The van der Waals surface area contributed by atoms with E-state index in [2.05, 4.69) is 20.3 Å². The van der Waals surface area contributed by atoms with Gasteiger partial charge in [-0.15, -0.1) is 0 Å². The van der Waals surface area contributed by atoms with Gasteiger partial charge in [0, 0.05) is 48.4 Å². The number of carbonyl (C=O) groups excluding carboxylic acids is 2. The molecule has 3 heterocycles. The van der Waals surface area contributed by atoms with Gasteiger partial charge < -0.3 is 15.0 Å². The normalized spacial score (nSPS) is 18.5. The topological polar surface area (TPSA) is 96.8 Å². The van der Waals surface area contributed by atoms with Crippen LogP contribution in [0.1, 0.15) is 38.7 Å². The first kappa shape index (κ1) is 23.5. The summed E-state index contributed by atoms with van der Waals surface area (Å²) in [5.74, 6) is -0.0881. The number of methoxy groups -OCH3 is 1. The molecule has 2 aliphatic rings. The summed E-state index contributed by atoms with van der Waals surface area (Å²) in [6, 6.07) is 5.39. The van der Waals surface area contributed by atoms with Crippen molar-refractivity contribution in [3.63, 3.8) is 0 Å². The summed E-state index contributed by atoms with van der Waals surface area (Å²) < 4.78 is 18.2. The third kappa shape index (κ3) is 4.98. The van der Waals surface area contributed by atoms with E-state index < -0.39 is 12.1 Å². The van der Waals surface area contributed by atoms with Crippen molar-refractivity contribution in [2.24, 2.45) is 10.9 Å². The molecular formula is C25H28FN5O3. The van der Waals surface area contributed by atoms with Crippen LogP contribution < -0.4 is 5.32 Å². The lowest BCUT2D eigenvalue weighted by molar-refractivity contribution is -0.134. The molecule has 2 aliphatic heterocycles. The van der Waals surface area contributed by atoms with Gasteiger partial charge in [-0.3, -0.25) is 9.79 Å². The van der Waals surface area contributed by atoms with Gasteiger partial charge in [-0.1, -0.05) is 26.0 Å². The highest BCUT2D eigenvalue weighted by Crippen LogP contribution is 2.30. The van der Waals surface area contributed by atoms with Crippen molar-refractivity contribution < 1.29 is 18.7 Å². The second-order valence-electron chi connectivity index (χ2n) is 8.80. The number of likely N-dealkylation sites (tertiary alicyclic amines) is 1. The molecule has 9 heteroatoms. The molecule has 178 valence electrons. The lowest BCUT2D eigenvalue weighted by Gasteiger charge is -2.31. The molecule has 34 heavy (non-hydrogen) atoms. The van der Waals surface area contributed by atoms with Gasteiger partial charge in [0.05, 0.1) is 13.2 Å². The highest BCUT2D eigenvalue weighted by molar-refractivity contribution is 6.03. The molecule has 4 rings (SSSR count). The fraction of sp³-hybridized carbons (Fsp3) is 0.400. The van der Waals surface area contributed by atoms with Gasteiger partial charge in [0.1, 0.15) is 11.9 Å². The Balaban J connectivity index is 1.43. The van der Waals surface area contributed by atoms with E-state index in [0.29, 0.717) is 24.4 Å². The average molecular weight is 466 g/mol. The van der Waals surface area contributed by atoms with Crippen LogP contribution in [0.2, 0.25) is 0 Å². The van der Waals surface area contributed by atoms with Crippen LogP contribution in [0.15, 0.2) is 47.9 Å². The van der Waals surface area contributed by atoms with Crippen molar-refractivity contribution >= 4 is 23.3 Å². The number of aromatic nitrogens is 2. The number of benzene rings is 1. The molecule has 1 saturated heterocycles. The first-order valence-electron chi connectivity index (χ1n) is 11.4. The number of carbonyl (C=O) groups is 2. The molecule has 0 spiro atoms. The molecule has 1 aromatic carbocycles. The lowest BCUT2D eigenvalue weighted by atomic mass is 9.98. The predicted octanol–water partition coefficient (Wildman–Crippen LogP) is 3.84. The fourth-order valence-corrected chi connectivity index (χ4v) is 4.35. The molecule has 0 bridgehead atoms. The zero-order chi connectivity index (χ0) is 24.2. The molecule has 0 unspecified atom stereocenters. The Morgan fingerprint density at radius 1 is 1.21 bits per heavy atom. The molecule has 0 aliphatic carbocycles. The Bertz CT molecular complexity index is 1130. The Morgan fingerprint density at radius 3 is 2.65 bits per heavy atom. The molecule has 2 atom stereocenters. The summed E-state index contributed by atoms with van der Waals surface area (Å²) in [7, 11) is 1.28. The summed E-state index contributed by atoms with van der Waals surface area (Å²) in [6.45, 7) is 4.41. The second kappa shape index (κ2) is 10.1. The number of hydrogen-bond donors (Lipinski definition) is 1. The molecule has 8 nitrogen and oxygen atoms in total. The minimum absolute atomic E-state index is 0.0826. The molecule has 1 fully saturated rings. The highest BCUT2D eigenvalue weighted by atomic mass is 19.1. The first-order valence-corrected chi connectivity index (χ1v) is 11.4. The Morgan fingerprint density at radius 2 is 1.97 bits per heavy atom. The largest absolute Gasteiger partial charge is 0.453 e. The van der Waals surface area contributed by atoms with Gasteiger partial charge in [-0.05, 0) is 36.5 Å². The van der Waals surface area contributed by atoms with Crippen LogP contribution >= 0.6 is 0 Å². The zero-order valence-electron chi connectivity index (χ0n) is 19.5. The van der Waals surface area contributed by atoms with Crippen molar-refractivity contribution in [2.75, 3.05) is 13.7 Å².